The monoisotopic (exact) mass is 383 g/mol. The molecule has 2 aromatic heterocycles. The Morgan fingerprint density at radius 3 is 2.81 bits per heavy atom. The minimum absolute atomic E-state index is 0.0771. The van der Waals surface area contributed by atoms with E-state index in [0.717, 1.165) is 26.4 Å². The number of carbonyl (C=O) groups is 1. The Morgan fingerprint density at radius 2 is 2.08 bits per heavy atom. The lowest BCUT2D eigenvalue weighted by Crippen LogP contribution is -2.35. The molecule has 6 heteroatoms. The normalized spacial score (nSPS) is 15.2. The summed E-state index contributed by atoms with van der Waals surface area (Å²) >= 11 is 3.11. The second-order valence-corrected chi connectivity index (χ2v) is 8.68. The van der Waals surface area contributed by atoms with Crippen molar-refractivity contribution in [3.8, 4) is 11.1 Å². The van der Waals surface area contributed by atoms with Crippen molar-refractivity contribution in [1.82, 2.24) is 15.3 Å². The minimum atomic E-state index is 0.0771. The molecule has 0 aliphatic heterocycles. The van der Waals surface area contributed by atoms with Gasteiger partial charge in [-0.3, -0.25) is 4.79 Å². The van der Waals surface area contributed by atoms with Crippen molar-refractivity contribution in [3.05, 3.63) is 41.5 Å². The standard InChI is InChI=1S/C20H21N3OS2/c1-12-3-5-15(6-4-12)16-9-25-19-18(16)20(22-11-21-19)26-10-17(24)23-13(2)14-7-8-14/h3-6,9,11,13-14H,7-8,10H2,1-2H3,(H,23,24)/t13-/m1/s1. The molecule has 0 unspecified atom stereocenters. The number of nitrogens with one attached hydrogen (secondary N) is 1. The molecule has 0 spiro atoms. The third-order valence-corrected chi connectivity index (χ3v) is 6.63. The summed E-state index contributed by atoms with van der Waals surface area (Å²) in [7, 11) is 0. The Bertz CT molecular complexity index is 932. The van der Waals surface area contributed by atoms with Gasteiger partial charge in [-0.2, -0.15) is 0 Å². The summed E-state index contributed by atoms with van der Waals surface area (Å²) in [5.41, 5.74) is 3.53. The van der Waals surface area contributed by atoms with Gasteiger partial charge in [-0.1, -0.05) is 41.6 Å². The van der Waals surface area contributed by atoms with Crippen molar-refractivity contribution in [3.63, 3.8) is 0 Å². The molecule has 0 radical (unpaired) electrons. The second kappa shape index (κ2) is 7.37. The molecule has 1 aliphatic carbocycles. The average molecular weight is 384 g/mol. The molecular formula is C20H21N3OS2. The summed E-state index contributed by atoms with van der Waals surface area (Å²) < 4.78 is 0. The van der Waals surface area contributed by atoms with Gasteiger partial charge in [-0.15, -0.1) is 11.3 Å². The number of thiophene rings is 1. The van der Waals surface area contributed by atoms with Gasteiger partial charge in [-0.25, -0.2) is 9.97 Å². The maximum Gasteiger partial charge on any atom is 0.230 e. The van der Waals surface area contributed by atoms with E-state index in [4.69, 9.17) is 0 Å². The van der Waals surface area contributed by atoms with Gasteiger partial charge in [-0.05, 0) is 38.2 Å². The third-order valence-electron chi connectivity index (χ3n) is 4.76. The predicted molar refractivity (Wildman–Crippen MR) is 109 cm³/mol. The number of hydrogen-bond acceptors (Lipinski definition) is 5. The third kappa shape index (κ3) is 3.76. The van der Waals surface area contributed by atoms with Crippen LogP contribution in [0.25, 0.3) is 21.3 Å². The quantitative estimate of drug-likeness (QED) is 0.496. The van der Waals surface area contributed by atoms with Gasteiger partial charge < -0.3 is 5.32 Å². The number of amides is 1. The molecule has 1 N–H and O–H groups in total. The maximum absolute atomic E-state index is 12.3. The van der Waals surface area contributed by atoms with E-state index in [0.29, 0.717) is 11.7 Å². The van der Waals surface area contributed by atoms with Crippen LogP contribution in [0.5, 0.6) is 0 Å². The average Bonchev–Trinajstić information content (AvgIpc) is 3.40. The van der Waals surface area contributed by atoms with E-state index in [1.807, 2.05) is 0 Å². The molecule has 1 aromatic carbocycles. The number of benzene rings is 1. The van der Waals surface area contributed by atoms with Gasteiger partial charge >= 0.3 is 0 Å². The molecule has 1 atom stereocenters. The number of nitrogens with zero attached hydrogens (tertiary/aromatic N) is 2. The van der Waals surface area contributed by atoms with Gasteiger partial charge in [0.1, 0.15) is 16.2 Å². The minimum Gasteiger partial charge on any atom is -0.353 e. The molecule has 4 rings (SSSR count). The zero-order valence-corrected chi connectivity index (χ0v) is 16.5. The van der Waals surface area contributed by atoms with Gasteiger partial charge in [0.2, 0.25) is 5.91 Å². The Labute approximate surface area is 161 Å². The first-order valence-corrected chi connectivity index (χ1v) is 10.7. The zero-order valence-electron chi connectivity index (χ0n) is 14.9. The Hall–Kier alpha value is -1.92. The largest absolute Gasteiger partial charge is 0.353 e. The molecule has 134 valence electrons. The lowest BCUT2D eigenvalue weighted by Gasteiger charge is -2.12. The molecule has 26 heavy (non-hydrogen) atoms. The lowest BCUT2D eigenvalue weighted by atomic mass is 10.1. The molecule has 0 saturated heterocycles. The number of carbonyl (C=O) groups excluding carboxylic acids is 1. The van der Waals surface area contributed by atoms with E-state index >= 15 is 0 Å². The first-order valence-electron chi connectivity index (χ1n) is 8.83. The molecule has 2 heterocycles. The van der Waals surface area contributed by atoms with E-state index in [2.05, 4.69) is 58.8 Å². The molecule has 1 fully saturated rings. The number of thioether (sulfide) groups is 1. The van der Waals surface area contributed by atoms with Crippen LogP contribution >= 0.6 is 23.1 Å². The fourth-order valence-corrected chi connectivity index (χ4v) is 4.85. The summed E-state index contributed by atoms with van der Waals surface area (Å²) in [4.78, 5) is 22.1. The summed E-state index contributed by atoms with van der Waals surface area (Å²) in [5.74, 6) is 1.12. The van der Waals surface area contributed by atoms with Crippen LogP contribution in [0.4, 0.5) is 0 Å². The molecular weight excluding hydrogens is 362 g/mol. The predicted octanol–water partition coefficient (Wildman–Crippen LogP) is 4.67. The van der Waals surface area contributed by atoms with E-state index in [9.17, 15) is 4.79 Å². The van der Waals surface area contributed by atoms with Gasteiger partial charge in [0, 0.05) is 17.0 Å². The molecule has 1 aliphatic rings. The van der Waals surface area contributed by atoms with Crippen molar-refractivity contribution in [2.75, 3.05) is 5.75 Å². The SMILES string of the molecule is Cc1ccc(-c2csc3ncnc(SCC(=O)N[C@H](C)C4CC4)c23)cc1. The van der Waals surface area contributed by atoms with Gasteiger partial charge in [0.15, 0.2) is 0 Å². The summed E-state index contributed by atoms with van der Waals surface area (Å²) in [5, 5.41) is 7.16. The Kier molecular flexibility index (Phi) is 4.96. The molecule has 3 aromatic rings. The van der Waals surface area contributed by atoms with Crippen LogP contribution < -0.4 is 5.32 Å². The molecule has 4 nitrogen and oxygen atoms in total. The summed E-state index contributed by atoms with van der Waals surface area (Å²) in [6.07, 6.45) is 4.05. The zero-order chi connectivity index (χ0) is 18.1. The van der Waals surface area contributed by atoms with Gasteiger partial charge in [0.25, 0.3) is 0 Å². The lowest BCUT2D eigenvalue weighted by molar-refractivity contribution is -0.119. The fourth-order valence-electron chi connectivity index (χ4n) is 3.05. The first-order chi connectivity index (χ1) is 12.6. The Balaban J connectivity index is 1.55. The number of rotatable bonds is 6. The van der Waals surface area contributed by atoms with Gasteiger partial charge in [0.05, 0.1) is 11.1 Å². The number of aryl methyl sites for hydroxylation is 1. The highest BCUT2D eigenvalue weighted by Gasteiger charge is 2.28. The maximum atomic E-state index is 12.3. The van der Waals surface area contributed by atoms with Crippen molar-refractivity contribution < 1.29 is 4.79 Å². The highest BCUT2D eigenvalue weighted by Crippen LogP contribution is 2.38. The first kappa shape index (κ1) is 17.5. The van der Waals surface area contributed by atoms with Crippen LogP contribution in [-0.4, -0.2) is 27.7 Å². The van der Waals surface area contributed by atoms with Crippen LogP contribution in [0.2, 0.25) is 0 Å². The van der Waals surface area contributed by atoms with Crippen LogP contribution in [0, 0.1) is 12.8 Å². The van der Waals surface area contributed by atoms with Crippen LogP contribution in [-0.2, 0) is 4.79 Å². The number of hydrogen-bond donors (Lipinski definition) is 1. The molecule has 1 saturated carbocycles. The van der Waals surface area contributed by atoms with Crippen molar-refractivity contribution in [2.24, 2.45) is 5.92 Å². The fraction of sp³-hybridized carbons (Fsp3) is 0.350. The van der Waals surface area contributed by atoms with E-state index < -0.39 is 0 Å². The molecule has 0 bridgehead atoms. The van der Waals surface area contributed by atoms with Crippen molar-refractivity contribution >= 4 is 39.2 Å². The highest BCUT2D eigenvalue weighted by molar-refractivity contribution is 8.00. The number of fused-ring (bicyclic) bond motifs is 1. The molecule has 1 amide bonds. The van der Waals surface area contributed by atoms with Crippen molar-refractivity contribution in [2.45, 2.75) is 37.8 Å². The van der Waals surface area contributed by atoms with E-state index in [1.54, 1.807) is 17.7 Å². The van der Waals surface area contributed by atoms with E-state index in [-0.39, 0.29) is 11.9 Å². The van der Waals surface area contributed by atoms with Crippen molar-refractivity contribution in [1.29, 1.82) is 0 Å². The van der Waals surface area contributed by atoms with Crippen LogP contribution in [0.15, 0.2) is 41.0 Å². The number of aromatic nitrogens is 2. The topological polar surface area (TPSA) is 54.9 Å². The van der Waals surface area contributed by atoms with Crippen LogP contribution in [0.3, 0.4) is 0 Å². The smallest absolute Gasteiger partial charge is 0.230 e. The Morgan fingerprint density at radius 1 is 1.31 bits per heavy atom. The highest BCUT2D eigenvalue weighted by atomic mass is 32.2. The second-order valence-electron chi connectivity index (χ2n) is 6.86. The summed E-state index contributed by atoms with van der Waals surface area (Å²) in [6, 6.07) is 8.76. The summed E-state index contributed by atoms with van der Waals surface area (Å²) in [6.45, 7) is 4.18. The van der Waals surface area contributed by atoms with Crippen LogP contribution in [0.1, 0.15) is 25.3 Å². The van der Waals surface area contributed by atoms with E-state index in [1.165, 1.54) is 30.2 Å².